The van der Waals surface area contributed by atoms with Crippen LogP contribution in [0.25, 0.3) is 21.9 Å². The van der Waals surface area contributed by atoms with Crippen LogP contribution >= 0.6 is 0 Å². The van der Waals surface area contributed by atoms with Crippen molar-refractivity contribution in [3.63, 3.8) is 0 Å². The Bertz CT molecular complexity index is 960. The molecule has 0 bridgehead atoms. The fraction of sp³-hybridized carbons (Fsp3) is 0.222. The van der Waals surface area contributed by atoms with Gasteiger partial charge in [-0.05, 0) is 12.0 Å². The molecule has 26 heavy (non-hydrogen) atoms. The van der Waals surface area contributed by atoms with Gasteiger partial charge in [0.15, 0.2) is 5.82 Å². The summed E-state index contributed by atoms with van der Waals surface area (Å²) < 4.78 is 2.17. The summed E-state index contributed by atoms with van der Waals surface area (Å²) in [7, 11) is 0. The number of hydrogen-bond acceptors (Lipinski definition) is 5. The topological polar surface area (TPSA) is 131 Å². The van der Waals surface area contributed by atoms with Crippen molar-refractivity contribution in [3.05, 3.63) is 42.7 Å². The molecular weight excluding hydrogens is 336 g/mol. The molecule has 4 N–H and O–H groups in total. The van der Waals surface area contributed by atoms with E-state index in [4.69, 9.17) is 15.9 Å². The summed E-state index contributed by atoms with van der Waals surface area (Å²) in [5.74, 6) is -1.44. The van der Waals surface area contributed by atoms with Crippen LogP contribution < -0.4 is 5.73 Å². The molecule has 0 aliphatic carbocycles. The molecule has 2 heterocycles. The molecule has 0 unspecified atom stereocenters. The van der Waals surface area contributed by atoms with Crippen LogP contribution in [0.4, 0.5) is 5.82 Å². The molecule has 0 amide bonds. The maximum atomic E-state index is 9.55. The Labute approximate surface area is 149 Å². The Morgan fingerprint density at radius 1 is 1.19 bits per heavy atom. The van der Waals surface area contributed by atoms with E-state index in [9.17, 15) is 9.59 Å². The van der Waals surface area contributed by atoms with Gasteiger partial charge in [0.1, 0.15) is 5.52 Å². The number of carbonyl (C=O) groups is 2. The number of nitrogen functional groups attached to an aromatic ring is 1. The molecule has 3 aromatic rings. The lowest BCUT2D eigenvalue weighted by Crippen LogP contribution is -2.03. The van der Waals surface area contributed by atoms with Crippen LogP contribution in [-0.4, -0.2) is 36.7 Å². The first-order valence-corrected chi connectivity index (χ1v) is 7.92. The number of imidazole rings is 1. The molecule has 0 saturated carbocycles. The lowest BCUT2D eigenvalue weighted by Gasteiger charge is -2.09. The van der Waals surface area contributed by atoms with Gasteiger partial charge in [0.25, 0.3) is 0 Å². The third-order valence-corrected chi connectivity index (χ3v) is 3.41. The van der Waals surface area contributed by atoms with E-state index in [1.165, 1.54) is 0 Å². The first kappa shape index (κ1) is 18.9. The zero-order chi connectivity index (χ0) is 19.3. The third kappa shape index (κ3) is 4.56. The van der Waals surface area contributed by atoms with Crippen LogP contribution in [0.2, 0.25) is 0 Å². The van der Waals surface area contributed by atoms with Crippen LogP contribution in [0.5, 0.6) is 0 Å². The molecule has 0 atom stereocenters. The average Bonchev–Trinajstić information content (AvgIpc) is 2.98. The van der Waals surface area contributed by atoms with Crippen molar-refractivity contribution >= 4 is 39.7 Å². The van der Waals surface area contributed by atoms with E-state index < -0.39 is 11.9 Å². The fourth-order valence-corrected chi connectivity index (χ4v) is 2.48. The van der Waals surface area contributed by atoms with Gasteiger partial charge in [-0.15, -0.1) is 0 Å². The normalized spacial score (nSPS) is 11.0. The number of benzene rings is 1. The molecule has 0 radical (unpaired) electrons. The molecule has 2 aromatic heterocycles. The van der Waals surface area contributed by atoms with Gasteiger partial charge in [-0.2, -0.15) is 0 Å². The number of anilines is 1. The smallest absolute Gasteiger partial charge is 0.328 e. The van der Waals surface area contributed by atoms with E-state index in [-0.39, 0.29) is 0 Å². The molecule has 136 valence electrons. The number of rotatable bonds is 4. The monoisotopic (exact) mass is 356 g/mol. The van der Waals surface area contributed by atoms with Crippen molar-refractivity contribution in [3.8, 4) is 0 Å². The third-order valence-electron chi connectivity index (χ3n) is 3.41. The molecule has 3 rings (SSSR count). The summed E-state index contributed by atoms with van der Waals surface area (Å²) in [5, 5.41) is 16.7. The van der Waals surface area contributed by atoms with Crippen molar-refractivity contribution < 1.29 is 19.8 Å². The molecular formula is C18H20N4O4. The van der Waals surface area contributed by atoms with Crippen LogP contribution in [-0.2, 0) is 16.1 Å². The summed E-state index contributed by atoms with van der Waals surface area (Å²) in [5.41, 5.74) is 8.79. The predicted molar refractivity (Wildman–Crippen MR) is 98.7 cm³/mol. The first-order valence-electron chi connectivity index (χ1n) is 7.92. The second-order valence-electron chi connectivity index (χ2n) is 6.01. The minimum absolute atomic E-state index is 0.506. The average molecular weight is 356 g/mol. The second-order valence-corrected chi connectivity index (χ2v) is 6.01. The largest absolute Gasteiger partial charge is 0.478 e. The van der Waals surface area contributed by atoms with Gasteiger partial charge in [-0.25, -0.2) is 19.6 Å². The highest BCUT2D eigenvalue weighted by atomic mass is 16.4. The van der Waals surface area contributed by atoms with Crippen LogP contribution in [0, 0.1) is 5.92 Å². The van der Waals surface area contributed by atoms with Crippen molar-refractivity contribution in [1.82, 2.24) is 14.5 Å². The van der Waals surface area contributed by atoms with Crippen LogP contribution in [0.3, 0.4) is 0 Å². The van der Waals surface area contributed by atoms with Gasteiger partial charge in [0.2, 0.25) is 0 Å². The zero-order valence-corrected chi connectivity index (χ0v) is 14.5. The standard InChI is InChI=1S/C14H16N4.C4H4O4/c1-9(2)7-18-8-16-12-13(18)10-5-3-4-6-11(10)17-14(12)15;5-3(6)1-2-4(7)8/h3-6,8-9H,7H2,1-2H3,(H2,15,17);1-2H,(H,5,6)(H,7,8)/b;2-1+. The lowest BCUT2D eigenvalue weighted by molar-refractivity contribution is -0.134. The first-order chi connectivity index (χ1) is 12.3. The molecule has 0 fully saturated rings. The van der Waals surface area contributed by atoms with Gasteiger partial charge in [0, 0.05) is 24.1 Å². The number of nitrogens with two attached hydrogens (primary N) is 1. The highest BCUT2D eigenvalue weighted by molar-refractivity contribution is 6.06. The highest BCUT2D eigenvalue weighted by Crippen LogP contribution is 2.27. The molecule has 0 saturated heterocycles. The van der Waals surface area contributed by atoms with Gasteiger partial charge < -0.3 is 20.5 Å². The fourth-order valence-electron chi connectivity index (χ4n) is 2.48. The number of para-hydroxylation sites is 1. The summed E-state index contributed by atoms with van der Waals surface area (Å²) >= 11 is 0. The molecule has 0 spiro atoms. The van der Waals surface area contributed by atoms with E-state index in [2.05, 4.69) is 34.4 Å². The molecule has 8 nitrogen and oxygen atoms in total. The maximum absolute atomic E-state index is 9.55. The Balaban J connectivity index is 0.000000260. The number of fused-ring (bicyclic) bond motifs is 3. The van der Waals surface area contributed by atoms with Crippen molar-refractivity contribution in [2.24, 2.45) is 5.92 Å². The molecule has 8 heteroatoms. The summed E-state index contributed by atoms with van der Waals surface area (Å²) in [4.78, 5) is 27.9. The van der Waals surface area contributed by atoms with Crippen molar-refractivity contribution in [1.29, 1.82) is 0 Å². The summed E-state index contributed by atoms with van der Waals surface area (Å²) in [6.07, 6.45) is 2.97. The van der Waals surface area contributed by atoms with Gasteiger partial charge >= 0.3 is 11.9 Å². The Morgan fingerprint density at radius 2 is 1.81 bits per heavy atom. The van der Waals surface area contributed by atoms with Gasteiger partial charge in [-0.3, -0.25) is 0 Å². The van der Waals surface area contributed by atoms with E-state index in [1.54, 1.807) is 0 Å². The van der Waals surface area contributed by atoms with E-state index in [0.717, 1.165) is 28.5 Å². The Hall–Kier alpha value is -3.42. The number of nitrogens with zero attached hydrogens (tertiary/aromatic N) is 3. The van der Waals surface area contributed by atoms with Crippen LogP contribution in [0.1, 0.15) is 13.8 Å². The second kappa shape index (κ2) is 8.11. The van der Waals surface area contributed by atoms with E-state index in [1.807, 2.05) is 24.5 Å². The number of carboxylic acid groups (broad SMARTS) is 2. The predicted octanol–water partition coefficient (Wildman–Crippen LogP) is 2.53. The van der Waals surface area contributed by atoms with E-state index >= 15 is 0 Å². The number of pyridine rings is 1. The van der Waals surface area contributed by atoms with Crippen molar-refractivity contribution in [2.45, 2.75) is 20.4 Å². The minimum atomic E-state index is -1.26. The lowest BCUT2D eigenvalue weighted by atomic mass is 10.1. The minimum Gasteiger partial charge on any atom is -0.478 e. The van der Waals surface area contributed by atoms with E-state index in [0.29, 0.717) is 23.9 Å². The summed E-state index contributed by atoms with van der Waals surface area (Å²) in [6.45, 7) is 5.32. The number of aromatic nitrogens is 3. The van der Waals surface area contributed by atoms with Crippen LogP contribution in [0.15, 0.2) is 42.7 Å². The Kier molecular flexibility index (Phi) is 5.90. The molecule has 0 aliphatic rings. The Morgan fingerprint density at radius 3 is 2.38 bits per heavy atom. The summed E-state index contributed by atoms with van der Waals surface area (Å²) in [6, 6.07) is 8.05. The molecule has 1 aromatic carbocycles. The number of carboxylic acids is 2. The highest BCUT2D eigenvalue weighted by Gasteiger charge is 2.12. The maximum Gasteiger partial charge on any atom is 0.328 e. The number of aliphatic carboxylic acids is 2. The van der Waals surface area contributed by atoms with Gasteiger partial charge in [-0.1, -0.05) is 32.0 Å². The van der Waals surface area contributed by atoms with Crippen molar-refractivity contribution in [2.75, 3.05) is 5.73 Å². The SMILES string of the molecule is CC(C)Cn1cnc2c(N)nc3ccccc3c21.O=C(O)/C=C/C(=O)O. The zero-order valence-electron chi connectivity index (χ0n) is 14.5. The quantitative estimate of drug-likeness (QED) is 0.612. The molecule has 0 aliphatic heterocycles. The van der Waals surface area contributed by atoms with Gasteiger partial charge in [0.05, 0.1) is 17.4 Å². The number of hydrogen-bond donors (Lipinski definition) is 3.